The molecule has 1 aromatic heterocycles. The van der Waals surface area contributed by atoms with Gasteiger partial charge in [0.1, 0.15) is 17.2 Å². The second kappa shape index (κ2) is 5.01. The van der Waals surface area contributed by atoms with Gasteiger partial charge in [0.25, 0.3) is 0 Å². The van der Waals surface area contributed by atoms with Gasteiger partial charge in [0.2, 0.25) is 0 Å². The maximum atomic E-state index is 5.18. The van der Waals surface area contributed by atoms with Crippen LogP contribution in [0.15, 0.2) is 11.4 Å². The van der Waals surface area contributed by atoms with Crippen molar-refractivity contribution in [3.8, 4) is 0 Å². The molecule has 2 rings (SSSR count). The van der Waals surface area contributed by atoms with Crippen LogP contribution in [0.5, 0.6) is 0 Å². The molecule has 0 aromatic carbocycles. The van der Waals surface area contributed by atoms with Crippen molar-refractivity contribution < 1.29 is 4.74 Å². The van der Waals surface area contributed by atoms with E-state index in [0.717, 1.165) is 24.1 Å². The molecule has 0 spiro atoms. The lowest BCUT2D eigenvalue weighted by Crippen LogP contribution is -2.30. The molecule has 1 aliphatic heterocycles. The van der Waals surface area contributed by atoms with Crippen LogP contribution in [0.4, 0.5) is 5.82 Å². The van der Waals surface area contributed by atoms with E-state index in [1.54, 1.807) is 18.1 Å². The van der Waals surface area contributed by atoms with E-state index in [-0.39, 0.29) is 0 Å². The van der Waals surface area contributed by atoms with E-state index in [4.69, 9.17) is 4.74 Å². The molecule has 0 amide bonds. The van der Waals surface area contributed by atoms with Gasteiger partial charge in [0.15, 0.2) is 0 Å². The number of aromatic nitrogens is 2. The van der Waals surface area contributed by atoms with E-state index in [0.29, 0.717) is 11.2 Å². The van der Waals surface area contributed by atoms with Crippen LogP contribution in [0.2, 0.25) is 0 Å². The molecule has 0 atom stereocenters. The molecule has 1 N–H and O–H groups in total. The smallest absolute Gasteiger partial charge is 0.133 e. The fourth-order valence-electron chi connectivity index (χ4n) is 1.63. The van der Waals surface area contributed by atoms with Crippen LogP contribution in [-0.4, -0.2) is 35.5 Å². The highest BCUT2D eigenvalue weighted by Crippen LogP contribution is 2.35. The van der Waals surface area contributed by atoms with Gasteiger partial charge in [-0.15, -0.1) is 0 Å². The van der Waals surface area contributed by atoms with Gasteiger partial charge in [-0.3, -0.25) is 0 Å². The molecule has 0 aliphatic carbocycles. The standard InChI is InChI=1S/C11H17N3OS/c1-7(2)9-10(12-3)13-6-14-11(9)16-8-4-15-5-8/h6-8H,4-5H2,1-3H3,(H,12,13,14). The van der Waals surface area contributed by atoms with Gasteiger partial charge in [0, 0.05) is 12.6 Å². The number of ether oxygens (including phenoxy) is 1. The summed E-state index contributed by atoms with van der Waals surface area (Å²) in [5.74, 6) is 1.36. The van der Waals surface area contributed by atoms with Crippen molar-refractivity contribution in [2.45, 2.75) is 30.0 Å². The van der Waals surface area contributed by atoms with Crippen LogP contribution in [0.25, 0.3) is 0 Å². The van der Waals surface area contributed by atoms with Crippen molar-refractivity contribution in [3.63, 3.8) is 0 Å². The van der Waals surface area contributed by atoms with Crippen molar-refractivity contribution in [1.82, 2.24) is 9.97 Å². The Morgan fingerprint density at radius 2 is 2.19 bits per heavy atom. The minimum Gasteiger partial charge on any atom is -0.379 e. The normalized spacial score (nSPS) is 16.2. The first-order valence-corrected chi connectivity index (χ1v) is 6.37. The van der Waals surface area contributed by atoms with Crippen molar-refractivity contribution in [3.05, 3.63) is 11.9 Å². The highest BCUT2D eigenvalue weighted by atomic mass is 32.2. The van der Waals surface area contributed by atoms with Crippen LogP contribution in [0.3, 0.4) is 0 Å². The zero-order valence-corrected chi connectivity index (χ0v) is 10.7. The summed E-state index contributed by atoms with van der Waals surface area (Å²) in [6.07, 6.45) is 1.62. The van der Waals surface area contributed by atoms with E-state index in [1.165, 1.54) is 5.56 Å². The van der Waals surface area contributed by atoms with Gasteiger partial charge in [-0.25, -0.2) is 9.97 Å². The average Bonchev–Trinajstić information content (AvgIpc) is 2.22. The molecule has 1 aromatic rings. The largest absolute Gasteiger partial charge is 0.379 e. The summed E-state index contributed by atoms with van der Waals surface area (Å²) in [5, 5.41) is 4.77. The number of hydrogen-bond donors (Lipinski definition) is 1. The molecule has 88 valence electrons. The Hall–Kier alpha value is -0.810. The quantitative estimate of drug-likeness (QED) is 0.816. The second-order valence-corrected chi connectivity index (χ2v) is 5.41. The predicted molar refractivity (Wildman–Crippen MR) is 66.1 cm³/mol. The zero-order chi connectivity index (χ0) is 11.5. The molecule has 0 saturated carbocycles. The van der Waals surface area contributed by atoms with Gasteiger partial charge in [0.05, 0.1) is 18.5 Å². The van der Waals surface area contributed by atoms with E-state index in [9.17, 15) is 0 Å². The van der Waals surface area contributed by atoms with E-state index in [1.807, 2.05) is 7.05 Å². The van der Waals surface area contributed by atoms with Crippen molar-refractivity contribution >= 4 is 17.6 Å². The Morgan fingerprint density at radius 1 is 1.44 bits per heavy atom. The first-order valence-electron chi connectivity index (χ1n) is 5.49. The molecule has 16 heavy (non-hydrogen) atoms. The van der Waals surface area contributed by atoms with Gasteiger partial charge >= 0.3 is 0 Å². The molecule has 1 saturated heterocycles. The number of thioether (sulfide) groups is 1. The summed E-state index contributed by atoms with van der Waals surface area (Å²) in [6.45, 7) is 6.00. The summed E-state index contributed by atoms with van der Waals surface area (Å²) in [4.78, 5) is 8.65. The molecule has 1 fully saturated rings. The van der Waals surface area contributed by atoms with Crippen LogP contribution in [-0.2, 0) is 4.74 Å². The lowest BCUT2D eigenvalue weighted by molar-refractivity contribution is 0.0454. The van der Waals surface area contributed by atoms with Gasteiger partial charge in [-0.2, -0.15) is 0 Å². The summed E-state index contributed by atoms with van der Waals surface area (Å²) in [5.41, 5.74) is 1.21. The first kappa shape index (κ1) is 11.7. The second-order valence-electron chi connectivity index (χ2n) is 4.12. The highest BCUT2D eigenvalue weighted by molar-refractivity contribution is 8.00. The van der Waals surface area contributed by atoms with Crippen LogP contribution in [0.1, 0.15) is 25.3 Å². The molecular formula is C11H17N3OS. The average molecular weight is 239 g/mol. The van der Waals surface area contributed by atoms with E-state index in [2.05, 4.69) is 29.1 Å². The lowest BCUT2D eigenvalue weighted by Gasteiger charge is -2.26. The molecule has 0 unspecified atom stereocenters. The fourth-order valence-corrected chi connectivity index (χ4v) is 2.84. The zero-order valence-electron chi connectivity index (χ0n) is 9.86. The molecule has 0 bridgehead atoms. The third-order valence-corrected chi connectivity index (χ3v) is 3.70. The maximum absolute atomic E-state index is 5.18. The molecule has 1 aliphatic rings. The molecule has 4 nitrogen and oxygen atoms in total. The molecular weight excluding hydrogens is 222 g/mol. The van der Waals surface area contributed by atoms with Gasteiger partial charge in [-0.1, -0.05) is 25.6 Å². The van der Waals surface area contributed by atoms with Crippen molar-refractivity contribution in [2.75, 3.05) is 25.6 Å². The van der Waals surface area contributed by atoms with Crippen LogP contribution >= 0.6 is 11.8 Å². The van der Waals surface area contributed by atoms with E-state index >= 15 is 0 Å². The number of nitrogens with one attached hydrogen (secondary N) is 1. The Labute approximate surface area is 100 Å². The molecule has 0 radical (unpaired) electrons. The predicted octanol–water partition coefficient (Wildman–Crippen LogP) is 2.13. The Bertz CT molecular complexity index is 366. The lowest BCUT2D eigenvalue weighted by atomic mass is 10.1. The minimum atomic E-state index is 0.423. The Morgan fingerprint density at radius 3 is 2.69 bits per heavy atom. The number of rotatable bonds is 4. The summed E-state index contributed by atoms with van der Waals surface area (Å²) >= 11 is 1.80. The highest BCUT2D eigenvalue weighted by Gasteiger charge is 2.23. The number of hydrogen-bond acceptors (Lipinski definition) is 5. The SMILES string of the molecule is CNc1ncnc(SC2COC2)c1C(C)C. The maximum Gasteiger partial charge on any atom is 0.133 e. The van der Waals surface area contributed by atoms with Gasteiger partial charge < -0.3 is 10.1 Å². The summed E-state index contributed by atoms with van der Waals surface area (Å²) in [6, 6.07) is 0. The van der Waals surface area contributed by atoms with Crippen LogP contribution in [0, 0.1) is 0 Å². The van der Waals surface area contributed by atoms with Crippen LogP contribution < -0.4 is 5.32 Å². The first-order chi connectivity index (χ1) is 7.72. The Balaban J connectivity index is 2.26. The number of anilines is 1. The van der Waals surface area contributed by atoms with Crippen molar-refractivity contribution in [2.24, 2.45) is 0 Å². The van der Waals surface area contributed by atoms with Crippen molar-refractivity contribution in [1.29, 1.82) is 0 Å². The third-order valence-electron chi connectivity index (χ3n) is 2.55. The van der Waals surface area contributed by atoms with Gasteiger partial charge in [-0.05, 0) is 5.92 Å². The number of nitrogens with zero attached hydrogens (tertiary/aromatic N) is 2. The Kier molecular flexibility index (Phi) is 3.66. The molecule has 5 heteroatoms. The minimum absolute atomic E-state index is 0.423. The molecule has 2 heterocycles. The third kappa shape index (κ3) is 2.30. The summed E-state index contributed by atoms with van der Waals surface area (Å²) in [7, 11) is 1.90. The monoisotopic (exact) mass is 239 g/mol. The fraction of sp³-hybridized carbons (Fsp3) is 0.636. The summed E-state index contributed by atoms with van der Waals surface area (Å²) < 4.78 is 5.18. The van der Waals surface area contributed by atoms with E-state index < -0.39 is 0 Å². The topological polar surface area (TPSA) is 47.0 Å².